The number of rotatable bonds is 4. The quantitative estimate of drug-likeness (QED) is 0.516. The molecule has 0 saturated carbocycles. The first-order valence-electron chi connectivity index (χ1n) is 7.00. The molecule has 1 amide bonds. The van der Waals surface area contributed by atoms with E-state index in [4.69, 9.17) is 10.5 Å². The zero-order valence-corrected chi connectivity index (χ0v) is 12.4. The van der Waals surface area contributed by atoms with Crippen LogP contribution in [0.3, 0.4) is 0 Å². The number of alkyl carbamates (subject to hydrolysis) is 1. The van der Waals surface area contributed by atoms with Crippen molar-refractivity contribution >= 4 is 11.8 Å². The van der Waals surface area contributed by atoms with E-state index in [1.807, 2.05) is 30.3 Å². The van der Waals surface area contributed by atoms with E-state index in [1.54, 1.807) is 0 Å². The van der Waals surface area contributed by atoms with Crippen LogP contribution in [0.25, 0.3) is 0 Å². The van der Waals surface area contributed by atoms with Gasteiger partial charge < -0.3 is 15.8 Å². The number of nitrogens with two attached hydrogens (primary N) is 1. The third kappa shape index (κ3) is 5.67. The Labute approximate surface area is 133 Å². The lowest BCUT2D eigenvalue weighted by Gasteiger charge is -2.05. The van der Waals surface area contributed by atoms with Gasteiger partial charge in [-0.3, -0.25) is 0 Å². The van der Waals surface area contributed by atoms with Gasteiger partial charge in [0.25, 0.3) is 0 Å². The molecule has 118 valence electrons. The van der Waals surface area contributed by atoms with Gasteiger partial charge in [-0.15, -0.1) is 0 Å². The minimum atomic E-state index is -0.633. The summed E-state index contributed by atoms with van der Waals surface area (Å²) < 4.78 is 18.0. The van der Waals surface area contributed by atoms with Crippen molar-refractivity contribution in [2.24, 2.45) is 0 Å². The Hall–Kier alpha value is -3.07. The number of halogens is 1. The van der Waals surface area contributed by atoms with Gasteiger partial charge in [0.15, 0.2) is 0 Å². The number of nitrogens with one attached hydrogen (secondary N) is 1. The Morgan fingerprint density at radius 1 is 1.26 bits per heavy atom. The van der Waals surface area contributed by atoms with Crippen LogP contribution in [-0.2, 0) is 11.3 Å². The fourth-order valence-corrected chi connectivity index (χ4v) is 1.69. The summed E-state index contributed by atoms with van der Waals surface area (Å²) in [6, 6.07) is 12.0. The van der Waals surface area contributed by atoms with E-state index in [0.29, 0.717) is 18.7 Å². The van der Waals surface area contributed by atoms with Crippen LogP contribution >= 0.6 is 0 Å². The number of amides is 1. The molecule has 6 heteroatoms. The Morgan fingerprint density at radius 2 is 2.04 bits per heavy atom. The minimum absolute atomic E-state index is 0.191. The van der Waals surface area contributed by atoms with E-state index in [1.165, 1.54) is 12.1 Å². The molecule has 23 heavy (non-hydrogen) atoms. The first kappa shape index (κ1) is 16.3. The maximum absolute atomic E-state index is 12.9. The number of hydrogen-bond acceptors (Lipinski definition) is 4. The smallest absolute Gasteiger partial charge is 0.407 e. The van der Waals surface area contributed by atoms with Crippen LogP contribution in [0.2, 0.25) is 0 Å². The summed E-state index contributed by atoms with van der Waals surface area (Å²) in [7, 11) is 0. The predicted octanol–water partition coefficient (Wildman–Crippen LogP) is 2.47. The number of anilines is 1. The summed E-state index contributed by atoms with van der Waals surface area (Å²) in [5.74, 6) is 4.80. The lowest BCUT2D eigenvalue weighted by molar-refractivity contribution is 0.140. The second-order valence-corrected chi connectivity index (χ2v) is 4.61. The molecule has 0 aliphatic carbocycles. The molecule has 1 aromatic carbocycles. The summed E-state index contributed by atoms with van der Waals surface area (Å²) in [4.78, 5) is 15.1. The molecule has 1 aromatic heterocycles. The van der Waals surface area contributed by atoms with Crippen LogP contribution in [-0.4, -0.2) is 17.6 Å². The van der Waals surface area contributed by atoms with Gasteiger partial charge in [-0.25, -0.2) is 9.78 Å². The number of nitrogens with zero attached hydrogens (tertiary/aromatic N) is 1. The number of aromatic nitrogens is 1. The number of pyridine rings is 1. The van der Waals surface area contributed by atoms with E-state index in [0.717, 1.165) is 5.56 Å². The molecular formula is C17H16FN3O2. The van der Waals surface area contributed by atoms with Crippen molar-refractivity contribution in [3.05, 3.63) is 59.7 Å². The molecule has 0 aliphatic heterocycles. The third-order valence-corrected chi connectivity index (χ3v) is 2.83. The van der Waals surface area contributed by atoms with Gasteiger partial charge in [0.1, 0.15) is 12.3 Å². The molecule has 2 aromatic rings. The number of carbonyl (C=O) groups is 1. The van der Waals surface area contributed by atoms with Gasteiger partial charge in [0.2, 0.25) is 5.95 Å². The Balaban J connectivity index is 1.70. The Bertz CT molecular complexity index is 724. The molecule has 0 bridgehead atoms. The summed E-state index contributed by atoms with van der Waals surface area (Å²) >= 11 is 0. The van der Waals surface area contributed by atoms with Crippen LogP contribution in [0.5, 0.6) is 0 Å². The minimum Gasteiger partial charge on any atom is -0.445 e. The standard InChI is InChI=1S/C17H16FN3O2/c18-16-10-9-14(19)15(21-16)8-4-5-11-20-17(22)23-12-13-6-2-1-3-7-13/h1-3,6-7,9-10H,5,11-12,19H2,(H,20,22). The van der Waals surface area contributed by atoms with E-state index < -0.39 is 12.0 Å². The second kappa shape index (κ2) is 8.39. The third-order valence-electron chi connectivity index (χ3n) is 2.83. The molecule has 5 nitrogen and oxygen atoms in total. The van der Waals surface area contributed by atoms with Crippen LogP contribution in [0.15, 0.2) is 42.5 Å². The molecule has 0 aliphatic rings. The first-order chi connectivity index (χ1) is 11.1. The first-order valence-corrected chi connectivity index (χ1v) is 7.00. The van der Waals surface area contributed by atoms with Gasteiger partial charge in [-0.05, 0) is 23.6 Å². The summed E-state index contributed by atoms with van der Waals surface area (Å²) in [5.41, 5.74) is 7.04. The average molecular weight is 313 g/mol. The van der Waals surface area contributed by atoms with Crippen molar-refractivity contribution in [2.45, 2.75) is 13.0 Å². The zero-order valence-electron chi connectivity index (χ0n) is 12.4. The molecule has 0 spiro atoms. The molecule has 0 fully saturated rings. The fraction of sp³-hybridized carbons (Fsp3) is 0.176. The molecule has 0 saturated heterocycles. The number of benzene rings is 1. The SMILES string of the molecule is Nc1ccc(F)nc1C#CCCNC(=O)OCc1ccccc1. The van der Waals surface area contributed by atoms with Gasteiger partial charge >= 0.3 is 6.09 Å². The molecule has 0 unspecified atom stereocenters. The van der Waals surface area contributed by atoms with Crippen LogP contribution in [0, 0.1) is 17.8 Å². The van der Waals surface area contributed by atoms with Gasteiger partial charge in [-0.2, -0.15) is 4.39 Å². The largest absolute Gasteiger partial charge is 0.445 e. The topological polar surface area (TPSA) is 77.2 Å². The molecule has 1 heterocycles. The van der Waals surface area contributed by atoms with Crippen molar-refractivity contribution in [2.75, 3.05) is 12.3 Å². The fourth-order valence-electron chi connectivity index (χ4n) is 1.69. The van der Waals surface area contributed by atoms with E-state index in [-0.39, 0.29) is 12.3 Å². The van der Waals surface area contributed by atoms with Crippen LogP contribution in [0.1, 0.15) is 17.7 Å². The van der Waals surface area contributed by atoms with Crippen molar-refractivity contribution in [3.8, 4) is 11.8 Å². The second-order valence-electron chi connectivity index (χ2n) is 4.61. The van der Waals surface area contributed by atoms with Crippen molar-refractivity contribution in [3.63, 3.8) is 0 Å². The molecule has 0 atom stereocenters. The van der Waals surface area contributed by atoms with Crippen molar-refractivity contribution in [1.82, 2.24) is 10.3 Å². The van der Waals surface area contributed by atoms with Crippen molar-refractivity contribution in [1.29, 1.82) is 0 Å². The lowest BCUT2D eigenvalue weighted by atomic mass is 10.2. The Morgan fingerprint density at radius 3 is 2.83 bits per heavy atom. The number of ether oxygens (including phenoxy) is 1. The zero-order chi connectivity index (χ0) is 16.5. The van der Waals surface area contributed by atoms with Crippen LogP contribution < -0.4 is 11.1 Å². The Kier molecular flexibility index (Phi) is 5.95. The summed E-state index contributed by atoms with van der Waals surface area (Å²) in [6.07, 6.45) is -0.142. The highest BCUT2D eigenvalue weighted by molar-refractivity contribution is 5.67. The number of nitrogen functional groups attached to an aromatic ring is 1. The summed E-state index contributed by atoms with van der Waals surface area (Å²) in [5, 5.41) is 2.58. The molecule has 3 N–H and O–H groups in total. The highest BCUT2D eigenvalue weighted by Gasteiger charge is 2.01. The van der Waals surface area contributed by atoms with Gasteiger partial charge in [-0.1, -0.05) is 36.3 Å². The maximum atomic E-state index is 12.9. The van der Waals surface area contributed by atoms with E-state index >= 15 is 0 Å². The normalized spacial score (nSPS) is 9.61. The monoisotopic (exact) mass is 313 g/mol. The van der Waals surface area contributed by atoms with Crippen LogP contribution in [0.4, 0.5) is 14.9 Å². The summed E-state index contributed by atoms with van der Waals surface area (Å²) in [6.45, 7) is 0.526. The highest BCUT2D eigenvalue weighted by atomic mass is 19.1. The average Bonchev–Trinajstić information content (AvgIpc) is 2.56. The molecular weight excluding hydrogens is 297 g/mol. The van der Waals surface area contributed by atoms with Gasteiger partial charge in [0, 0.05) is 13.0 Å². The number of hydrogen-bond donors (Lipinski definition) is 2. The molecule has 0 radical (unpaired) electrons. The van der Waals surface area contributed by atoms with E-state index in [9.17, 15) is 9.18 Å². The van der Waals surface area contributed by atoms with Crippen molar-refractivity contribution < 1.29 is 13.9 Å². The maximum Gasteiger partial charge on any atom is 0.407 e. The van der Waals surface area contributed by atoms with E-state index in [2.05, 4.69) is 22.1 Å². The lowest BCUT2D eigenvalue weighted by Crippen LogP contribution is -2.24. The number of carbonyl (C=O) groups excluding carboxylic acids is 1. The predicted molar refractivity (Wildman–Crippen MR) is 84.7 cm³/mol. The highest BCUT2D eigenvalue weighted by Crippen LogP contribution is 2.07. The van der Waals surface area contributed by atoms with Gasteiger partial charge in [0.05, 0.1) is 5.69 Å². The molecule has 2 rings (SSSR count).